The second-order valence-corrected chi connectivity index (χ2v) is 5.48. The standard InChI is InChI=1S/C18H15F3N2O3/c1-25-15-7-12-13(9-22-14(12)8-16(15)26-2)17(24)23-11-5-3-10(4-6-11)18(19,20)21/h3-9,22H,1-2H3,(H,23,24). The van der Waals surface area contributed by atoms with Crippen LogP contribution in [0.3, 0.4) is 0 Å². The molecule has 1 heterocycles. The van der Waals surface area contributed by atoms with E-state index in [0.717, 1.165) is 12.1 Å². The maximum atomic E-state index is 12.6. The Kier molecular flexibility index (Phi) is 4.50. The lowest BCUT2D eigenvalue weighted by atomic mass is 10.1. The SMILES string of the molecule is COc1cc2[nH]cc(C(=O)Nc3ccc(C(F)(F)F)cc3)c2cc1OC. The fraction of sp³-hybridized carbons (Fsp3) is 0.167. The molecule has 5 nitrogen and oxygen atoms in total. The predicted octanol–water partition coefficient (Wildman–Crippen LogP) is 4.46. The first-order valence-electron chi connectivity index (χ1n) is 7.55. The number of methoxy groups -OCH3 is 2. The van der Waals surface area contributed by atoms with E-state index in [1.807, 2.05) is 0 Å². The molecule has 0 saturated heterocycles. The lowest BCUT2D eigenvalue weighted by molar-refractivity contribution is -0.137. The average Bonchev–Trinajstić information content (AvgIpc) is 3.03. The molecule has 0 radical (unpaired) electrons. The number of aromatic amines is 1. The molecule has 0 fully saturated rings. The summed E-state index contributed by atoms with van der Waals surface area (Å²) in [5.41, 5.74) is 0.485. The van der Waals surface area contributed by atoms with E-state index >= 15 is 0 Å². The van der Waals surface area contributed by atoms with Crippen molar-refractivity contribution in [1.29, 1.82) is 0 Å². The van der Waals surface area contributed by atoms with Crippen LogP contribution in [0, 0.1) is 0 Å². The number of ether oxygens (including phenoxy) is 2. The summed E-state index contributed by atoms with van der Waals surface area (Å²) < 4.78 is 48.2. The van der Waals surface area contributed by atoms with E-state index < -0.39 is 17.6 Å². The molecule has 1 aromatic heterocycles. The first-order chi connectivity index (χ1) is 12.3. The van der Waals surface area contributed by atoms with Crippen molar-refractivity contribution < 1.29 is 27.4 Å². The second-order valence-electron chi connectivity index (χ2n) is 5.48. The molecule has 26 heavy (non-hydrogen) atoms. The number of nitrogens with one attached hydrogen (secondary N) is 2. The quantitative estimate of drug-likeness (QED) is 0.719. The first-order valence-corrected chi connectivity index (χ1v) is 7.55. The number of carbonyl (C=O) groups excluding carboxylic acids is 1. The van der Waals surface area contributed by atoms with Crippen LogP contribution >= 0.6 is 0 Å². The highest BCUT2D eigenvalue weighted by Gasteiger charge is 2.30. The van der Waals surface area contributed by atoms with Gasteiger partial charge in [0.1, 0.15) is 0 Å². The molecule has 3 aromatic rings. The van der Waals surface area contributed by atoms with Crippen LogP contribution in [0.5, 0.6) is 11.5 Å². The number of alkyl halides is 3. The van der Waals surface area contributed by atoms with Gasteiger partial charge in [-0.25, -0.2) is 0 Å². The molecule has 2 aromatic carbocycles. The summed E-state index contributed by atoms with van der Waals surface area (Å²) in [5, 5.41) is 3.19. The zero-order valence-electron chi connectivity index (χ0n) is 13.9. The number of halogens is 3. The van der Waals surface area contributed by atoms with E-state index in [0.29, 0.717) is 28.0 Å². The zero-order chi connectivity index (χ0) is 18.9. The van der Waals surface area contributed by atoms with Crippen molar-refractivity contribution in [2.75, 3.05) is 19.5 Å². The first kappa shape index (κ1) is 17.7. The number of rotatable bonds is 4. The summed E-state index contributed by atoms with van der Waals surface area (Å²) in [4.78, 5) is 15.5. The van der Waals surface area contributed by atoms with Crippen molar-refractivity contribution in [3.8, 4) is 11.5 Å². The Morgan fingerprint density at radius 1 is 1.04 bits per heavy atom. The number of amides is 1. The molecule has 0 spiro atoms. The van der Waals surface area contributed by atoms with Gasteiger partial charge in [0.15, 0.2) is 11.5 Å². The normalized spacial score (nSPS) is 11.4. The van der Waals surface area contributed by atoms with Crippen molar-refractivity contribution in [3.63, 3.8) is 0 Å². The highest BCUT2D eigenvalue weighted by molar-refractivity contribution is 6.13. The van der Waals surface area contributed by atoms with Crippen molar-refractivity contribution in [2.24, 2.45) is 0 Å². The van der Waals surface area contributed by atoms with Gasteiger partial charge >= 0.3 is 6.18 Å². The van der Waals surface area contributed by atoms with Gasteiger partial charge in [0, 0.05) is 23.3 Å². The van der Waals surface area contributed by atoms with Crippen LogP contribution in [0.4, 0.5) is 18.9 Å². The molecule has 0 aliphatic rings. The molecule has 136 valence electrons. The molecule has 8 heteroatoms. The van der Waals surface area contributed by atoms with E-state index in [9.17, 15) is 18.0 Å². The number of aromatic nitrogens is 1. The Balaban J connectivity index is 1.88. The third kappa shape index (κ3) is 3.30. The monoisotopic (exact) mass is 364 g/mol. The Hall–Kier alpha value is -3.16. The minimum Gasteiger partial charge on any atom is -0.493 e. The van der Waals surface area contributed by atoms with Crippen LogP contribution in [0.15, 0.2) is 42.6 Å². The van der Waals surface area contributed by atoms with Crippen molar-refractivity contribution in [2.45, 2.75) is 6.18 Å². The van der Waals surface area contributed by atoms with Gasteiger partial charge in [0.05, 0.1) is 30.9 Å². The maximum Gasteiger partial charge on any atom is 0.416 e. The van der Waals surface area contributed by atoms with Gasteiger partial charge in [-0.15, -0.1) is 0 Å². The van der Waals surface area contributed by atoms with E-state index in [1.165, 1.54) is 32.5 Å². The maximum absolute atomic E-state index is 12.6. The van der Waals surface area contributed by atoms with Crippen LogP contribution in [0.2, 0.25) is 0 Å². The van der Waals surface area contributed by atoms with E-state index in [-0.39, 0.29) is 5.69 Å². The van der Waals surface area contributed by atoms with Gasteiger partial charge in [-0.05, 0) is 30.3 Å². The second kappa shape index (κ2) is 6.62. The Morgan fingerprint density at radius 2 is 1.65 bits per heavy atom. The molecule has 0 unspecified atom stereocenters. The minimum atomic E-state index is -4.42. The summed E-state index contributed by atoms with van der Waals surface area (Å²) in [6.07, 6.45) is -2.90. The number of fused-ring (bicyclic) bond motifs is 1. The lowest BCUT2D eigenvalue weighted by Gasteiger charge is -2.09. The number of benzene rings is 2. The fourth-order valence-corrected chi connectivity index (χ4v) is 2.58. The predicted molar refractivity (Wildman–Crippen MR) is 90.8 cm³/mol. The third-order valence-electron chi connectivity index (χ3n) is 3.90. The van der Waals surface area contributed by atoms with Crippen LogP contribution in [0.25, 0.3) is 10.9 Å². The van der Waals surface area contributed by atoms with Gasteiger partial charge in [-0.1, -0.05) is 0 Å². The van der Waals surface area contributed by atoms with Crippen LogP contribution in [0.1, 0.15) is 15.9 Å². The summed E-state index contributed by atoms with van der Waals surface area (Å²) in [6.45, 7) is 0. The number of hydrogen-bond acceptors (Lipinski definition) is 3. The van der Waals surface area contributed by atoms with Gasteiger partial charge < -0.3 is 19.8 Å². The topological polar surface area (TPSA) is 63.4 Å². The number of hydrogen-bond donors (Lipinski definition) is 2. The van der Waals surface area contributed by atoms with Crippen LogP contribution in [-0.2, 0) is 6.18 Å². The number of H-pyrrole nitrogens is 1. The van der Waals surface area contributed by atoms with E-state index in [2.05, 4.69) is 10.3 Å². The molecular formula is C18H15F3N2O3. The largest absolute Gasteiger partial charge is 0.493 e. The number of anilines is 1. The van der Waals surface area contributed by atoms with E-state index in [4.69, 9.17) is 9.47 Å². The van der Waals surface area contributed by atoms with Crippen molar-refractivity contribution in [1.82, 2.24) is 4.98 Å². The Labute approximate surface area is 146 Å². The van der Waals surface area contributed by atoms with Gasteiger partial charge in [-0.2, -0.15) is 13.2 Å². The molecule has 0 bridgehead atoms. The molecule has 3 rings (SSSR count). The molecule has 1 amide bonds. The fourth-order valence-electron chi connectivity index (χ4n) is 2.58. The molecule has 0 saturated carbocycles. The Bertz CT molecular complexity index is 947. The van der Waals surface area contributed by atoms with Crippen molar-refractivity contribution in [3.05, 3.63) is 53.7 Å². The smallest absolute Gasteiger partial charge is 0.416 e. The average molecular weight is 364 g/mol. The van der Waals surface area contributed by atoms with Gasteiger partial charge in [0.2, 0.25) is 0 Å². The molecular weight excluding hydrogens is 349 g/mol. The van der Waals surface area contributed by atoms with Gasteiger partial charge in [-0.3, -0.25) is 4.79 Å². The molecule has 2 N–H and O–H groups in total. The molecule has 0 aliphatic heterocycles. The Morgan fingerprint density at radius 3 is 2.23 bits per heavy atom. The summed E-state index contributed by atoms with van der Waals surface area (Å²) >= 11 is 0. The van der Waals surface area contributed by atoms with Crippen molar-refractivity contribution >= 4 is 22.5 Å². The minimum absolute atomic E-state index is 0.262. The third-order valence-corrected chi connectivity index (χ3v) is 3.90. The summed E-state index contributed by atoms with van der Waals surface area (Å²) in [7, 11) is 2.99. The lowest BCUT2D eigenvalue weighted by Crippen LogP contribution is -2.12. The van der Waals surface area contributed by atoms with E-state index in [1.54, 1.807) is 12.1 Å². The molecule has 0 atom stereocenters. The summed E-state index contributed by atoms with van der Waals surface area (Å²) in [5.74, 6) is 0.517. The highest BCUT2D eigenvalue weighted by Crippen LogP contribution is 2.34. The van der Waals surface area contributed by atoms with Gasteiger partial charge in [0.25, 0.3) is 5.91 Å². The summed E-state index contributed by atoms with van der Waals surface area (Å²) in [6, 6.07) is 7.60. The van der Waals surface area contributed by atoms with Crippen LogP contribution < -0.4 is 14.8 Å². The number of carbonyl (C=O) groups is 1. The molecule has 0 aliphatic carbocycles. The van der Waals surface area contributed by atoms with Crippen LogP contribution in [-0.4, -0.2) is 25.1 Å². The highest BCUT2D eigenvalue weighted by atomic mass is 19.4. The zero-order valence-corrected chi connectivity index (χ0v) is 13.9.